The van der Waals surface area contributed by atoms with Gasteiger partial charge in [0.1, 0.15) is 5.21 Å². The molecular formula is C10H12ClNO2S. The molecule has 1 aromatic rings. The smallest absolute Gasteiger partial charge is 0.249 e. The average molecular weight is 246 g/mol. The van der Waals surface area contributed by atoms with Crippen molar-refractivity contribution in [2.75, 3.05) is 9.52 Å². The molecule has 0 radical (unpaired) electrons. The molecule has 0 aliphatic carbocycles. The summed E-state index contributed by atoms with van der Waals surface area (Å²) >= 11 is 5.48. The first kappa shape index (κ1) is 10.8. The number of para-hydroxylation sites is 1. The third-order valence-corrected chi connectivity index (χ3v) is 4.84. The third-order valence-electron chi connectivity index (χ3n) is 2.58. The van der Waals surface area contributed by atoms with Crippen molar-refractivity contribution in [2.45, 2.75) is 19.4 Å². The second kappa shape index (κ2) is 3.68. The highest BCUT2D eigenvalue weighted by Gasteiger charge is 2.33. The summed E-state index contributed by atoms with van der Waals surface area (Å²) in [5.41, 5.74) is 1.84. The van der Waals surface area contributed by atoms with E-state index < -0.39 is 10.0 Å². The van der Waals surface area contributed by atoms with Crippen LogP contribution in [0.4, 0.5) is 5.69 Å². The van der Waals surface area contributed by atoms with Crippen molar-refractivity contribution in [3.8, 4) is 0 Å². The molecule has 1 unspecified atom stereocenters. The second-order valence-electron chi connectivity index (χ2n) is 3.70. The van der Waals surface area contributed by atoms with E-state index in [-0.39, 0.29) is 11.3 Å². The van der Waals surface area contributed by atoms with Gasteiger partial charge in [0.15, 0.2) is 0 Å². The van der Waals surface area contributed by atoms with Crippen molar-refractivity contribution in [2.24, 2.45) is 0 Å². The lowest BCUT2D eigenvalue weighted by atomic mass is 10.1. The summed E-state index contributed by atoms with van der Waals surface area (Å²) in [6.07, 6.45) is 0.756. The Balaban J connectivity index is 2.51. The molecule has 1 aliphatic rings. The number of halogens is 1. The Hall–Kier alpha value is -0.740. The van der Waals surface area contributed by atoms with Crippen molar-refractivity contribution in [3.05, 3.63) is 29.8 Å². The summed E-state index contributed by atoms with van der Waals surface area (Å²) in [5.74, 6) is 0. The highest BCUT2D eigenvalue weighted by atomic mass is 35.5. The van der Waals surface area contributed by atoms with Gasteiger partial charge in [0.25, 0.3) is 0 Å². The molecule has 1 aromatic carbocycles. The van der Waals surface area contributed by atoms with E-state index in [0.29, 0.717) is 0 Å². The Bertz CT molecular complexity index is 472. The van der Waals surface area contributed by atoms with Gasteiger partial charge in [-0.1, -0.05) is 18.2 Å². The van der Waals surface area contributed by atoms with Crippen LogP contribution in [0.5, 0.6) is 0 Å². The minimum atomic E-state index is -3.36. The van der Waals surface area contributed by atoms with E-state index in [1.165, 1.54) is 4.31 Å². The minimum absolute atomic E-state index is 0.0360. The fourth-order valence-electron chi connectivity index (χ4n) is 2.01. The van der Waals surface area contributed by atoms with E-state index in [2.05, 4.69) is 0 Å². The fourth-order valence-corrected chi connectivity index (χ4v) is 3.53. The first-order valence-electron chi connectivity index (χ1n) is 4.72. The van der Waals surface area contributed by atoms with Crippen molar-refractivity contribution in [1.29, 1.82) is 0 Å². The van der Waals surface area contributed by atoms with Gasteiger partial charge in [-0.05, 0) is 25.0 Å². The zero-order valence-electron chi connectivity index (χ0n) is 8.35. The number of fused-ring (bicyclic) bond motifs is 1. The lowest BCUT2D eigenvalue weighted by molar-refractivity contribution is 0.589. The summed E-state index contributed by atoms with van der Waals surface area (Å²) in [6, 6.07) is 7.50. The van der Waals surface area contributed by atoms with Gasteiger partial charge in [0.05, 0.1) is 5.69 Å². The molecule has 0 saturated carbocycles. The summed E-state index contributed by atoms with van der Waals surface area (Å²) in [6.45, 7) is 1.89. The number of hydrogen-bond donors (Lipinski definition) is 0. The number of benzene rings is 1. The number of hydrogen-bond acceptors (Lipinski definition) is 2. The molecule has 0 fully saturated rings. The van der Waals surface area contributed by atoms with Gasteiger partial charge in [-0.25, -0.2) is 8.42 Å². The van der Waals surface area contributed by atoms with Gasteiger partial charge in [-0.3, -0.25) is 4.31 Å². The summed E-state index contributed by atoms with van der Waals surface area (Å²) in [4.78, 5) is 0. The quantitative estimate of drug-likeness (QED) is 0.747. The van der Waals surface area contributed by atoms with Crippen LogP contribution < -0.4 is 4.31 Å². The van der Waals surface area contributed by atoms with Crippen LogP contribution in [0.25, 0.3) is 0 Å². The SMILES string of the molecule is CC1Cc2ccccc2N1S(=O)(=O)CCl. The highest BCUT2D eigenvalue weighted by Crippen LogP contribution is 2.34. The molecule has 5 heteroatoms. The predicted octanol–water partition coefficient (Wildman–Crippen LogP) is 1.96. The Morgan fingerprint density at radius 1 is 1.47 bits per heavy atom. The molecule has 82 valence electrons. The number of alkyl halides is 1. The van der Waals surface area contributed by atoms with Crippen molar-refractivity contribution >= 4 is 27.3 Å². The Morgan fingerprint density at radius 3 is 2.80 bits per heavy atom. The monoisotopic (exact) mass is 245 g/mol. The molecule has 15 heavy (non-hydrogen) atoms. The van der Waals surface area contributed by atoms with Crippen LogP contribution in [0.2, 0.25) is 0 Å². The predicted molar refractivity (Wildman–Crippen MR) is 61.7 cm³/mol. The first-order valence-corrected chi connectivity index (χ1v) is 6.86. The Morgan fingerprint density at radius 2 is 2.13 bits per heavy atom. The molecule has 0 saturated heterocycles. The van der Waals surface area contributed by atoms with Gasteiger partial charge < -0.3 is 0 Å². The molecule has 2 rings (SSSR count). The van der Waals surface area contributed by atoms with E-state index >= 15 is 0 Å². The van der Waals surface area contributed by atoms with E-state index in [1.54, 1.807) is 0 Å². The molecule has 0 aromatic heterocycles. The molecule has 1 heterocycles. The van der Waals surface area contributed by atoms with Gasteiger partial charge in [0, 0.05) is 6.04 Å². The topological polar surface area (TPSA) is 37.4 Å². The maximum Gasteiger partial charge on any atom is 0.249 e. The standard InChI is InChI=1S/C10H12ClNO2S/c1-8-6-9-4-2-3-5-10(9)12(8)15(13,14)7-11/h2-5,8H,6-7H2,1H3. The van der Waals surface area contributed by atoms with Crippen LogP contribution >= 0.6 is 11.6 Å². The molecular weight excluding hydrogens is 234 g/mol. The van der Waals surface area contributed by atoms with E-state index in [9.17, 15) is 8.42 Å². The fraction of sp³-hybridized carbons (Fsp3) is 0.400. The largest absolute Gasteiger partial charge is 0.266 e. The van der Waals surface area contributed by atoms with E-state index in [4.69, 9.17) is 11.6 Å². The zero-order valence-corrected chi connectivity index (χ0v) is 9.92. The van der Waals surface area contributed by atoms with Gasteiger partial charge in [-0.15, -0.1) is 11.6 Å². The molecule has 3 nitrogen and oxygen atoms in total. The van der Waals surface area contributed by atoms with Gasteiger partial charge >= 0.3 is 0 Å². The van der Waals surface area contributed by atoms with E-state index in [1.807, 2.05) is 31.2 Å². The van der Waals surface area contributed by atoms with Crippen LogP contribution in [0.1, 0.15) is 12.5 Å². The van der Waals surface area contributed by atoms with Crippen LogP contribution in [0, 0.1) is 0 Å². The van der Waals surface area contributed by atoms with Crippen molar-refractivity contribution in [3.63, 3.8) is 0 Å². The normalized spacial score (nSPS) is 20.4. The maximum absolute atomic E-state index is 11.8. The molecule has 0 bridgehead atoms. The minimum Gasteiger partial charge on any atom is -0.266 e. The molecule has 0 N–H and O–H groups in total. The van der Waals surface area contributed by atoms with Crippen LogP contribution in [0.3, 0.4) is 0 Å². The van der Waals surface area contributed by atoms with Crippen LogP contribution in [-0.2, 0) is 16.4 Å². The third kappa shape index (κ3) is 1.72. The molecule has 1 aliphatic heterocycles. The lowest BCUT2D eigenvalue weighted by Gasteiger charge is -2.22. The van der Waals surface area contributed by atoms with Crippen LogP contribution in [-0.4, -0.2) is 19.7 Å². The first-order chi connectivity index (χ1) is 7.06. The molecule has 1 atom stereocenters. The number of anilines is 1. The number of nitrogens with zero attached hydrogens (tertiary/aromatic N) is 1. The van der Waals surface area contributed by atoms with Crippen molar-refractivity contribution < 1.29 is 8.42 Å². The van der Waals surface area contributed by atoms with Gasteiger partial charge in [-0.2, -0.15) is 0 Å². The van der Waals surface area contributed by atoms with Gasteiger partial charge in [0.2, 0.25) is 10.0 Å². The molecule has 0 spiro atoms. The number of sulfonamides is 1. The molecule has 0 amide bonds. The van der Waals surface area contributed by atoms with Crippen LogP contribution in [0.15, 0.2) is 24.3 Å². The highest BCUT2D eigenvalue weighted by molar-refractivity contribution is 7.93. The Labute approximate surface area is 94.7 Å². The Kier molecular flexibility index (Phi) is 2.64. The maximum atomic E-state index is 11.8. The summed E-state index contributed by atoms with van der Waals surface area (Å²) in [7, 11) is -3.36. The average Bonchev–Trinajstić information content (AvgIpc) is 2.54. The van der Waals surface area contributed by atoms with Crippen molar-refractivity contribution in [1.82, 2.24) is 0 Å². The second-order valence-corrected chi connectivity index (χ2v) is 6.13. The lowest BCUT2D eigenvalue weighted by Crippen LogP contribution is -2.36. The summed E-state index contributed by atoms with van der Waals surface area (Å²) < 4.78 is 25.0. The number of rotatable bonds is 2. The summed E-state index contributed by atoms with van der Waals surface area (Å²) in [5, 5.41) is -0.369. The zero-order chi connectivity index (χ0) is 11.1. The van der Waals surface area contributed by atoms with E-state index in [0.717, 1.165) is 17.7 Å².